The van der Waals surface area contributed by atoms with Crippen molar-refractivity contribution in [2.24, 2.45) is 5.73 Å². The van der Waals surface area contributed by atoms with Gasteiger partial charge in [-0.2, -0.15) is 0 Å². The van der Waals surface area contributed by atoms with E-state index < -0.39 is 5.72 Å². The highest BCUT2D eigenvalue weighted by molar-refractivity contribution is 5.89. The number of carbonyl (C=O) groups is 1. The van der Waals surface area contributed by atoms with Crippen molar-refractivity contribution in [3.63, 3.8) is 0 Å². The van der Waals surface area contributed by atoms with E-state index in [1.807, 2.05) is 13.0 Å². The maximum atomic E-state index is 11.5. The molecule has 0 amide bonds. The number of benzene rings is 1. The fourth-order valence-corrected chi connectivity index (χ4v) is 0.917. The molecule has 1 atom stereocenters. The van der Waals surface area contributed by atoms with Crippen molar-refractivity contribution in [2.75, 3.05) is 0 Å². The Bertz CT molecular complexity index is 306. The van der Waals surface area contributed by atoms with Crippen molar-refractivity contribution in [1.82, 2.24) is 0 Å². The minimum absolute atomic E-state index is 0.377. The van der Waals surface area contributed by atoms with Crippen LogP contribution < -0.4 is 5.73 Å². The third kappa shape index (κ3) is 2.85. The lowest BCUT2D eigenvalue weighted by Gasteiger charge is -2.22. The van der Waals surface area contributed by atoms with Crippen LogP contribution in [0.15, 0.2) is 30.3 Å². The molecule has 1 unspecified atom stereocenters. The second kappa shape index (κ2) is 4.24. The van der Waals surface area contributed by atoms with Gasteiger partial charge in [0, 0.05) is 0 Å². The first kappa shape index (κ1) is 10.7. The van der Waals surface area contributed by atoms with Gasteiger partial charge in [-0.05, 0) is 25.5 Å². The monoisotopic (exact) mass is 193 g/mol. The Morgan fingerprint density at radius 1 is 1.43 bits per heavy atom. The van der Waals surface area contributed by atoms with Crippen LogP contribution in [0.1, 0.15) is 30.6 Å². The van der Waals surface area contributed by atoms with Crippen molar-refractivity contribution in [1.29, 1.82) is 0 Å². The normalized spacial score (nSPS) is 14.5. The minimum atomic E-state index is -0.882. The first-order valence-electron chi connectivity index (χ1n) is 4.62. The number of rotatable bonds is 3. The lowest BCUT2D eigenvalue weighted by Crippen LogP contribution is -2.40. The second-order valence-corrected chi connectivity index (χ2v) is 3.42. The third-order valence-electron chi connectivity index (χ3n) is 2.04. The number of nitrogens with two attached hydrogens (primary N) is 1. The maximum Gasteiger partial charge on any atom is 0.339 e. The molecule has 1 aromatic carbocycles. The smallest absolute Gasteiger partial charge is 0.339 e. The molecule has 76 valence electrons. The van der Waals surface area contributed by atoms with E-state index in [9.17, 15) is 4.79 Å². The molecule has 3 nitrogen and oxygen atoms in total. The molecule has 14 heavy (non-hydrogen) atoms. The van der Waals surface area contributed by atoms with Crippen LogP contribution in [0.25, 0.3) is 0 Å². The van der Waals surface area contributed by atoms with Gasteiger partial charge in [0.1, 0.15) is 0 Å². The largest absolute Gasteiger partial charge is 0.441 e. The Labute approximate surface area is 83.9 Å². The molecule has 0 heterocycles. The van der Waals surface area contributed by atoms with Crippen molar-refractivity contribution < 1.29 is 9.53 Å². The van der Waals surface area contributed by atoms with Gasteiger partial charge in [0.15, 0.2) is 5.72 Å². The van der Waals surface area contributed by atoms with Gasteiger partial charge in [-0.3, -0.25) is 5.73 Å². The zero-order valence-corrected chi connectivity index (χ0v) is 8.49. The predicted molar refractivity (Wildman–Crippen MR) is 54.7 cm³/mol. The molecule has 0 spiro atoms. The molecule has 0 saturated heterocycles. The minimum Gasteiger partial charge on any atom is -0.441 e. The number of carbonyl (C=O) groups excluding carboxylic acids is 1. The van der Waals surface area contributed by atoms with E-state index in [-0.39, 0.29) is 5.97 Å². The summed E-state index contributed by atoms with van der Waals surface area (Å²) in [6, 6.07) is 8.83. The van der Waals surface area contributed by atoms with Crippen LogP contribution in [0, 0.1) is 0 Å². The first-order valence-corrected chi connectivity index (χ1v) is 4.62. The topological polar surface area (TPSA) is 52.3 Å². The summed E-state index contributed by atoms with van der Waals surface area (Å²) in [7, 11) is 0. The number of esters is 1. The van der Waals surface area contributed by atoms with Crippen LogP contribution in [0.4, 0.5) is 0 Å². The second-order valence-electron chi connectivity index (χ2n) is 3.42. The molecule has 1 aromatic rings. The van der Waals surface area contributed by atoms with Crippen LogP contribution in [-0.4, -0.2) is 11.7 Å². The Morgan fingerprint density at radius 3 is 2.50 bits per heavy atom. The van der Waals surface area contributed by atoms with Gasteiger partial charge >= 0.3 is 5.97 Å². The van der Waals surface area contributed by atoms with E-state index in [0.717, 1.165) is 0 Å². The van der Waals surface area contributed by atoms with Crippen molar-refractivity contribution in [3.05, 3.63) is 35.9 Å². The Balaban J connectivity index is 2.69. The third-order valence-corrected chi connectivity index (χ3v) is 2.04. The predicted octanol–water partition coefficient (Wildman–Crippen LogP) is 1.93. The van der Waals surface area contributed by atoms with Gasteiger partial charge in [0.25, 0.3) is 0 Å². The van der Waals surface area contributed by atoms with E-state index in [2.05, 4.69) is 0 Å². The lowest BCUT2D eigenvalue weighted by molar-refractivity contribution is -0.00818. The van der Waals surface area contributed by atoms with Gasteiger partial charge in [-0.1, -0.05) is 25.1 Å². The summed E-state index contributed by atoms with van der Waals surface area (Å²) in [4.78, 5) is 11.5. The van der Waals surface area contributed by atoms with Gasteiger partial charge in [-0.15, -0.1) is 0 Å². The van der Waals surface area contributed by atoms with E-state index in [1.165, 1.54) is 0 Å². The van der Waals surface area contributed by atoms with E-state index >= 15 is 0 Å². The van der Waals surface area contributed by atoms with E-state index in [0.29, 0.717) is 12.0 Å². The van der Waals surface area contributed by atoms with Gasteiger partial charge < -0.3 is 4.74 Å². The van der Waals surface area contributed by atoms with Gasteiger partial charge in [-0.25, -0.2) is 4.79 Å². The molecule has 0 aromatic heterocycles. The molecule has 0 saturated carbocycles. The molecule has 1 rings (SSSR count). The van der Waals surface area contributed by atoms with Crippen LogP contribution in [0.5, 0.6) is 0 Å². The maximum absolute atomic E-state index is 11.5. The highest BCUT2D eigenvalue weighted by Gasteiger charge is 2.21. The average molecular weight is 193 g/mol. The zero-order chi connectivity index (χ0) is 10.6. The molecule has 0 fully saturated rings. The van der Waals surface area contributed by atoms with Crippen LogP contribution in [-0.2, 0) is 4.74 Å². The average Bonchev–Trinajstić information content (AvgIpc) is 2.19. The zero-order valence-electron chi connectivity index (χ0n) is 8.49. The first-order chi connectivity index (χ1) is 6.55. The van der Waals surface area contributed by atoms with Crippen molar-refractivity contribution in [3.8, 4) is 0 Å². The van der Waals surface area contributed by atoms with Crippen LogP contribution >= 0.6 is 0 Å². The van der Waals surface area contributed by atoms with Crippen molar-refractivity contribution in [2.45, 2.75) is 26.0 Å². The molecule has 0 aliphatic rings. The molecule has 0 radical (unpaired) electrons. The highest BCUT2D eigenvalue weighted by atomic mass is 16.6. The summed E-state index contributed by atoms with van der Waals surface area (Å²) in [6.45, 7) is 3.56. The Kier molecular flexibility index (Phi) is 3.25. The molecule has 3 heteroatoms. The SMILES string of the molecule is CCC(C)(N)OC(=O)c1ccccc1. The summed E-state index contributed by atoms with van der Waals surface area (Å²) in [6.07, 6.45) is 0.589. The lowest BCUT2D eigenvalue weighted by atomic mass is 10.2. The summed E-state index contributed by atoms with van der Waals surface area (Å²) >= 11 is 0. The quantitative estimate of drug-likeness (QED) is 0.589. The Hall–Kier alpha value is -1.35. The number of hydrogen-bond acceptors (Lipinski definition) is 3. The molecular weight excluding hydrogens is 178 g/mol. The molecular formula is C11H15NO2. The van der Waals surface area contributed by atoms with Crippen LogP contribution in [0.3, 0.4) is 0 Å². The van der Waals surface area contributed by atoms with E-state index in [1.54, 1.807) is 31.2 Å². The highest BCUT2D eigenvalue weighted by Crippen LogP contribution is 2.11. The summed E-state index contributed by atoms with van der Waals surface area (Å²) in [5.74, 6) is -0.377. The van der Waals surface area contributed by atoms with Crippen LogP contribution in [0.2, 0.25) is 0 Å². The van der Waals surface area contributed by atoms with Crippen molar-refractivity contribution >= 4 is 5.97 Å². The van der Waals surface area contributed by atoms with E-state index in [4.69, 9.17) is 10.5 Å². The fraction of sp³-hybridized carbons (Fsp3) is 0.364. The molecule has 0 bridgehead atoms. The summed E-state index contributed by atoms with van der Waals surface area (Å²) in [5.41, 5.74) is 5.35. The molecule has 0 aliphatic carbocycles. The summed E-state index contributed by atoms with van der Waals surface area (Å²) in [5, 5.41) is 0. The van der Waals surface area contributed by atoms with Gasteiger partial charge in [0.2, 0.25) is 0 Å². The standard InChI is InChI=1S/C11H15NO2/c1-3-11(2,12)14-10(13)9-7-5-4-6-8-9/h4-8H,3,12H2,1-2H3. The van der Waals surface area contributed by atoms with Gasteiger partial charge in [0.05, 0.1) is 5.56 Å². The number of hydrogen-bond donors (Lipinski definition) is 1. The fourth-order valence-electron chi connectivity index (χ4n) is 0.917. The summed E-state index contributed by atoms with van der Waals surface area (Å²) < 4.78 is 5.11. The number of ether oxygens (including phenoxy) is 1. The molecule has 0 aliphatic heterocycles. The molecule has 2 N–H and O–H groups in total. The Morgan fingerprint density at radius 2 is 2.00 bits per heavy atom.